The number of hydrogen-bond donors (Lipinski definition) is 2. The largest absolute Gasteiger partial charge is 0.478 e. The number of aromatic carboxylic acids is 1. The van der Waals surface area contributed by atoms with Crippen LogP contribution in [0, 0.1) is 5.92 Å². The number of nitrogens with one attached hydrogen (secondary N) is 1. The van der Waals surface area contributed by atoms with E-state index in [2.05, 4.69) is 36.1 Å². The molecule has 0 aliphatic rings. The highest BCUT2D eigenvalue weighted by atomic mass is 16.4. The maximum absolute atomic E-state index is 11.0. The lowest BCUT2D eigenvalue weighted by Crippen LogP contribution is -2.27. The van der Waals surface area contributed by atoms with Crippen LogP contribution in [0.1, 0.15) is 49.7 Å². The van der Waals surface area contributed by atoms with E-state index in [-0.39, 0.29) is 5.56 Å². The van der Waals surface area contributed by atoms with Gasteiger partial charge in [0.05, 0.1) is 5.69 Å². The monoisotopic (exact) mass is 251 g/mol. The van der Waals surface area contributed by atoms with E-state index in [0.717, 1.165) is 12.8 Å². The summed E-state index contributed by atoms with van der Waals surface area (Å²) >= 11 is 0. The van der Waals surface area contributed by atoms with Gasteiger partial charge in [0.15, 0.2) is 0 Å². The molecule has 100 valence electrons. The summed E-state index contributed by atoms with van der Waals surface area (Å²) in [6, 6.07) is 0.351. The fourth-order valence-electron chi connectivity index (χ4n) is 1.63. The Balaban J connectivity index is 2.50. The van der Waals surface area contributed by atoms with E-state index in [0.29, 0.717) is 24.2 Å². The Morgan fingerprint density at radius 3 is 2.72 bits per heavy atom. The fraction of sp³-hybridized carbons (Fsp3) is 0.615. The van der Waals surface area contributed by atoms with Gasteiger partial charge in [-0.15, -0.1) is 0 Å². The molecule has 5 nitrogen and oxygen atoms in total. The van der Waals surface area contributed by atoms with Gasteiger partial charge in [-0.05, 0) is 25.7 Å². The van der Waals surface area contributed by atoms with Crippen molar-refractivity contribution in [1.29, 1.82) is 0 Å². The van der Waals surface area contributed by atoms with Gasteiger partial charge >= 0.3 is 5.97 Å². The third-order valence-corrected chi connectivity index (χ3v) is 2.82. The van der Waals surface area contributed by atoms with Crippen LogP contribution < -0.4 is 5.32 Å². The molecule has 1 atom stereocenters. The van der Waals surface area contributed by atoms with Crippen LogP contribution in [-0.2, 0) is 6.54 Å². The molecule has 5 heteroatoms. The van der Waals surface area contributed by atoms with Crippen LogP contribution in [-0.4, -0.2) is 27.1 Å². The first-order valence-corrected chi connectivity index (χ1v) is 6.26. The zero-order chi connectivity index (χ0) is 13.5. The average Bonchev–Trinajstić information content (AvgIpc) is 2.34. The molecular weight excluding hydrogens is 230 g/mol. The predicted molar refractivity (Wildman–Crippen MR) is 69.4 cm³/mol. The smallest absolute Gasteiger partial charge is 0.339 e. The lowest BCUT2D eigenvalue weighted by molar-refractivity contribution is 0.0694. The van der Waals surface area contributed by atoms with Crippen LogP contribution in [0.25, 0.3) is 0 Å². The SMILES string of the molecule is CC(C)CCC(C)NCc1ncncc1C(=O)O. The molecule has 0 aliphatic carbocycles. The van der Waals surface area contributed by atoms with E-state index in [1.807, 2.05) is 0 Å². The maximum Gasteiger partial charge on any atom is 0.339 e. The van der Waals surface area contributed by atoms with Crippen LogP contribution in [0.15, 0.2) is 12.5 Å². The van der Waals surface area contributed by atoms with Gasteiger partial charge in [0.2, 0.25) is 0 Å². The zero-order valence-corrected chi connectivity index (χ0v) is 11.2. The minimum atomic E-state index is -0.984. The second-order valence-corrected chi connectivity index (χ2v) is 4.94. The maximum atomic E-state index is 11.0. The molecule has 0 saturated heterocycles. The molecule has 0 amide bonds. The highest BCUT2D eigenvalue weighted by molar-refractivity contribution is 5.88. The number of hydrogen-bond acceptors (Lipinski definition) is 4. The van der Waals surface area contributed by atoms with Crippen molar-refractivity contribution in [3.05, 3.63) is 23.8 Å². The van der Waals surface area contributed by atoms with Crippen molar-refractivity contribution in [2.24, 2.45) is 5.92 Å². The second kappa shape index (κ2) is 7.06. The van der Waals surface area contributed by atoms with Crippen LogP contribution >= 0.6 is 0 Å². The van der Waals surface area contributed by atoms with E-state index in [1.54, 1.807) is 0 Å². The molecule has 1 heterocycles. The van der Waals surface area contributed by atoms with Gasteiger partial charge in [-0.1, -0.05) is 13.8 Å². The second-order valence-electron chi connectivity index (χ2n) is 4.94. The standard InChI is InChI=1S/C13H21N3O2/c1-9(2)4-5-10(3)15-7-12-11(13(17)18)6-14-8-16-12/h6,8-10,15H,4-5,7H2,1-3H3,(H,17,18). The van der Waals surface area contributed by atoms with Crippen LogP contribution in [0.3, 0.4) is 0 Å². The van der Waals surface area contributed by atoms with Crippen molar-refractivity contribution in [3.63, 3.8) is 0 Å². The first kappa shape index (κ1) is 14.6. The topological polar surface area (TPSA) is 75.1 Å². The quantitative estimate of drug-likeness (QED) is 0.776. The molecule has 0 aliphatic heterocycles. The lowest BCUT2D eigenvalue weighted by atomic mass is 10.0. The van der Waals surface area contributed by atoms with E-state index >= 15 is 0 Å². The Hall–Kier alpha value is -1.49. The van der Waals surface area contributed by atoms with Crippen molar-refractivity contribution < 1.29 is 9.90 Å². The molecule has 1 aromatic heterocycles. The number of nitrogens with zero attached hydrogens (tertiary/aromatic N) is 2. The van der Waals surface area contributed by atoms with Crippen molar-refractivity contribution in [2.75, 3.05) is 0 Å². The van der Waals surface area contributed by atoms with E-state index in [9.17, 15) is 4.79 Å². The fourth-order valence-corrected chi connectivity index (χ4v) is 1.63. The van der Waals surface area contributed by atoms with Crippen molar-refractivity contribution in [2.45, 2.75) is 46.2 Å². The number of carbonyl (C=O) groups is 1. The Kier molecular flexibility index (Phi) is 5.71. The molecule has 0 bridgehead atoms. The molecule has 1 rings (SSSR count). The first-order chi connectivity index (χ1) is 8.50. The molecule has 0 aromatic carbocycles. The molecule has 1 aromatic rings. The normalized spacial score (nSPS) is 12.7. The van der Waals surface area contributed by atoms with Gasteiger partial charge < -0.3 is 10.4 Å². The minimum absolute atomic E-state index is 0.168. The minimum Gasteiger partial charge on any atom is -0.478 e. The summed E-state index contributed by atoms with van der Waals surface area (Å²) in [7, 11) is 0. The van der Waals surface area contributed by atoms with Crippen molar-refractivity contribution in [3.8, 4) is 0 Å². The van der Waals surface area contributed by atoms with Crippen molar-refractivity contribution in [1.82, 2.24) is 15.3 Å². The number of carboxylic acid groups (broad SMARTS) is 1. The Morgan fingerprint density at radius 1 is 1.39 bits per heavy atom. The summed E-state index contributed by atoms with van der Waals surface area (Å²) in [6.45, 7) is 6.95. The summed E-state index contributed by atoms with van der Waals surface area (Å²) in [5.74, 6) is -0.301. The highest BCUT2D eigenvalue weighted by Crippen LogP contribution is 2.08. The summed E-state index contributed by atoms with van der Waals surface area (Å²) in [5, 5.41) is 12.3. The average molecular weight is 251 g/mol. The molecule has 2 N–H and O–H groups in total. The van der Waals surface area contributed by atoms with Gasteiger partial charge in [0, 0.05) is 18.8 Å². The molecule has 0 spiro atoms. The molecule has 0 fully saturated rings. The van der Waals surface area contributed by atoms with Gasteiger partial charge in [0.25, 0.3) is 0 Å². The molecule has 1 unspecified atom stereocenters. The van der Waals surface area contributed by atoms with Crippen LogP contribution in [0.5, 0.6) is 0 Å². The number of aromatic nitrogens is 2. The number of rotatable bonds is 7. The Bertz CT molecular complexity index is 394. The molecule has 0 saturated carbocycles. The lowest BCUT2D eigenvalue weighted by Gasteiger charge is -2.15. The molecule has 18 heavy (non-hydrogen) atoms. The summed E-state index contributed by atoms with van der Waals surface area (Å²) < 4.78 is 0. The zero-order valence-electron chi connectivity index (χ0n) is 11.2. The number of carboxylic acids is 1. The third-order valence-electron chi connectivity index (χ3n) is 2.82. The van der Waals surface area contributed by atoms with E-state index in [4.69, 9.17) is 5.11 Å². The predicted octanol–water partition coefficient (Wildman–Crippen LogP) is 2.09. The van der Waals surface area contributed by atoms with Gasteiger partial charge in [-0.2, -0.15) is 0 Å². The van der Waals surface area contributed by atoms with E-state index < -0.39 is 5.97 Å². The summed E-state index contributed by atoms with van der Waals surface area (Å²) in [4.78, 5) is 18.7. The third kappa shape index (κ3) is 4.79. The Labute approximate surface area is 108 Å². The molecular formula is C13H21N3O2. The first-order valence-electron chi connectivity index (χ1n) is 6.26. The Morgan fingerprint density at radius 2 is 2.11 bits per heavy atom. The molecule has 0 radical (unpaired) electrons. The van der Waals surface area contributed by atoms with E-state index in [1.165, 1.54) is 12.5 Å². The van der Waals surface area contributed by atoms with Crippen molar-refractivity contribution >= 4 is 5.97 Å². The van der Waals surface area contributed by atoms with Crippen LogP contribution in [0.2, 0.25) is 0 Å². The van der Waals surface area contributed by atoms with Crippen LogP contribution in [0.4, 0.5) is 0 Å². The van der Waals surface area contributed by atoms with Gasteiger partial charge in [-0.25, -0.2) is 14.8 Å². The summed E-state index contributed by atoms with van der Waals surface area (Å²) in [6.07, 6.45) is 4.95. The summed E-state index contributed by atoms with van der Waals surface area (Å²) in [5.41, 5.74) is 0.704. The van der Waals surface area contributed by atoms with Gasteiger partial charge in [0.1, 0.15) is 11.9 Å². The van der Waals surface area contributed by atoms with Gasteiger partial charge in [-0.3, -0.25) is 0 Å². The highest BCUT2D eigenvalue weighted by Gasteiger charge is 2.12.